The number of aromatic carboxylic acids is 1. The number of fused-ring (bicyclic) bond motifs is 1. The fourth-order valence-corrected chi connectivity index (χ4v) is 2.37. The zero-order valence-corrected chi connectivity index (χ0v) is 12.9. The number of anilines is 1. The summed E-state index contributed by atoms with van der Waals surface area (Å²) in [6.45, 7) is 0.165. The van der Waals surface area contributed by atoms with Crippen molar-refractivity contribution in [2.24, 2.45) is 0 Å². The molecule has 2 aromatic carbocycles. The van der Waals surface area contributed by atoms with Gasteiger partial charge in [0.25, 0.3) is 0 Å². The van der Waals surface area contributed by atoms with Crippen LogP contribution in [0.3, 0.4) is 0 Å². The summed E-state index contributed by atoms with van der Waals surface area (Å²) < 4.78 is 15.5. The van der Waals surface area contributed by atoms with Gasteiger partial charge in [0.15, 0.2) is 11.5 Å². The number of methoxy groups -OCH3 is 1. The number of rotatable bonds is 5. The first kappa shape index (κ1) is 15.7. The van der Waals surface area contributed by atoms with E-state index in [4.69, 9.17) is 14.2 Å². The van der Waals surface area contributed by atoms with Crippen molar-refractivity contribution in [1.82, 2.24) is 0 Å². The van der Waals surface area contributed by atoms with E-state index in [0.717, 1.165) is 5.56 Å². The molecule has 0 saturated carbocycles. The zero-order valence-electron chi connectivity index (χ0n) is 12.9. The SMILES string of the molecule is COc1ccc(NC(=O)Cc2ccc3c(c2)OCO3)c(C(=O)O)c1. The van der Waals surface area contributed by atoms with Crippen molar-refractivity contribution in [3.05, 3.63) is 47.5 Å². The quantitative estimate of drug-likeness (QED) is 0.874. The van der Waals surface area contributed by atoms with Crippen LogP contribution >= 0.6 is 0 Å². The second kappa shape index (κ2) is 6.49. The van der Waals surface area contributed by atoms with Gasteiger partial charge in [-0.3, -0.25) is 4.79 Å². The largest absolute Gasteiger partial charge is 0.497 e. The molecule has 7 heteroatoms. The van der Waals surface area contributed by atoms with Gasteiger partial charge in [-0.25, -0.2) is 4.79 Å². The van der Waals surface area contributed by atoms with Crippen LogP contribution in [0.5, 0.6) is 17.2 Å². The Bertz CT molecular complexity index is 802. The predicted molar refractivity (Wildman–Crippen MR) is 84.9 cm³/mol. The molecule has 0 spiro atoms. The van der Waals surface area contributed by atoms with Crippen molar-refractivity contribution in [2.75, 3.05) is 19.2 Å². The number of carbonyl (C=O) groups excluding carboxylic acids is 1. The van der Waals surface area contributed by atoms with Crippen LogP contribution in [0.4, 0.5) is 5.69 Å². The number of carboxylic acids is 1. The topological polar surface area (TPSA) is 94.1 Å². The van der Waals surface area contributed by atoms with E-state index in [1.165, 1.54) is 19.2 Å². The number of ether oxygens (including phenoxy) is 3. The molecule has 0 unspecified atom stereocenters. The fourth-order valence-electron chi connectivity index (χ4n) is 2.37. The Morgan fingerprint density at radius 1 is 1.17 bits per heavy atom. The predicted octanol–water partition coefficient (Wildman–Crippen LogP) is 2.30. The van der Waals surface area contributed by atoms with E-state index in [1.54, 1.807) is 24.3 Å². The van der Waals surface area contributed by atoms with Gasteiger partial charge in [0.2, 0.25) is 12.7 Å². The summed E-state index contributed by atoms with van der Waals surface area (Å²) in [4.78, 5) is 23.5. The maximum absolute atomic E-state index is 12.2. The number of amides is 1. The van der Waals surface area contributed by atoms with Gasteiger partial charge in [-0.1, -0.05) is 6.07 Å². The van der Waals surface area contributed by atoms with Crippen molar-refractivity contribution in [3.8, 4) is 17.2 Å². The Morgan fingerprint density at radius 3 is 2.71 bits per heavy atom. The van der Waals surface area contributed by atoms with E-state index >= 15 is 0 Å². The van der Waals surface area contributed by atoms with Crippen molar-refractivity contribution in [2.45, 2.75) is 6.42 Å². The van der Waals surface area contributed by atoms with Crippen LogP contribution in [0.1, 0.15) is 15.9 Å². The van der Waals surface area contributed by atoms with Gasteiger partial charge in [-0.2, -0.15) is 0 Å². The minimum atomic E-state index is -1.15. The normalized spacial score (nSPS) is 11.9. The zero-order chi connectivity index (χ0) is 17.1. The van der Waals surface area contributed by atoms with Gasteiger partial charge in [0.05, 0.1) is 24.8 Å². The Kier molecular flexibility index (Phi) is 4.24. The molecular weight excluding hydrogens is 314 g/mol. The van der Waals surface area contributed by atoms with Gasteiger partial charge in [-0.05, 0) is 35.9 Å². The van der Waals surface area contributed by atoms with Crippen LogP contribution in [0, 0.1) is 0 Å². The van der Waals surface area contributed by atoms with Gasteiger partial charge in [0.1, 0.15) is 5.75 Å². The van der Waals surface area contributed by atoms with Crippen molar-refractivity contribution < 1.29 is 28.9 Å². The average molecular weight is 329 g/mol. The Morgan fingerprint density at radius 2 is 1.96 bits per heavy atom. The minimum Gasteiger partial charge on any atom is -0.497 e. The van der Waals surface area contributed by atoms with E-state index in [9.17, 15) is 14.7 Å². The lowest BCUT2D eigenvalue weighted by atomic mass is 10.1. The fraction of sp³-hybridized carbons (Fsp3) is 0.176. The molecule has 0 aliphatic carbocycles. The summed E-state index contributed by atoms with van der Waals surface area (Å²) in [7, 11) is 1.44. The maximum atomic E-state index is 12.2. The third-order valence-electron chi connectivity index (χ3n) is 3.53. The molecular formula is C17H15NO6. The van der Waals surface area contributed by atoms with Gasteiger partial charge < -0.3 is 24.6 Å². The molecule has 1 heterocycles. The van der Waals surface area contributed by atoms with Crippen molar-refractivity contribution in [3.63, 3.8) is 0 Å². The third-order valence-corrected chi connectivity index (χ3v) is 3.53. The first-order chi connectivity index (χ1) is 11.6. The molecule has 0 radical (unpaired) electrons. The molecule has 1 aliphatic rings. The van der Waals surface area contributed by atoms with Crippen LogP contribution in [-0.4, -0.2) is 30.9 Å². The Labute approximate surface area is 137 Å². The number of hydrogen-bond donors (Lipinski definition) is 2. The smallest absolute Gasteiger partial charge is 0.337 e. The number of carboxylic acid groups (broad SMARTS) is 1. The highest BCUT2D eigenvalue weighted by atomic mass is 16.7. The molecule has 0 bridgehead atoms. The molecule has 2 N–H and O–H groups in total. The van der Waals surface area contributed by atoms with Gasteiger partial charge in [0, 0.05) is 0 Å². The first-order valence-corrected chi connectivity index (χ1v) is 7.16. The monoisotopic (exact) mass is 329 g/mol. The van der Waals surface area contributed by atoms with E-state index in [0.29, 0.717) is 17.2 Å². The lowest BCUT2D eigenvalue weighted by molar-refractivity contribution is -0.115. The second-order valence-corrected chi connectivity index (χ2v) is 5.13. The molecule has 0 fully saturated rings. The molecule has 1 amide bonds. The molecule has 3 rings (SSSR count). The third kappa shape index (κ3) is 3.24. The van der Waals surface area contributed by atoms with Gasteiger partial charge in [-0.15, -0.1) is 0 Å². The molecule has 2 aromatic rings. The summed E-state index contributed by atoms with van der Waals surface area (Å²) in [6, 6.07) is 9.68. The first-order valence-electron chi connectivity index (χ1n) is 7.16. The average Bonchev–Trinajstić information content (AvgIpc) is 3.02. The standard InChI is InChI=1S/C17H15NO6/c1-22-11-3-4-13(12(8-11)17(20)21)18-16(19)7-10-2-5-14-15(6-10)24-9-23-14/h2-6,8H,7,9H2,1H3,(H,18,19)(H,20,21). The highest BCUT2D eigenvalue weighted by Gasteiger charge is 2.16. The molecule has 7 nitrogen and oxygen atoms in total. The lowest BCUT2D eigenvalue weighted by Gasteiger charge is -2.10. The maximum Gasteiger partial charge on any atom is 0.337 e. The Hall–Kier alpha value is -3.22. The summed E-state index contributed by atoms with van der Waals surface area (Å²) in [5.74, 6) is 0.161. The minimum absolute atomic E-state index is 0.0339. The van der Waals surface area contributed by atoms with Crippen LogP contribution < -0.4 is 19.5 Å². The summed E-state index contributed by atoms with van der Waals surface area (Å²) >= 11 is 0. The van der Waals surface area contributed by atoms with Crippen molar-refractivity contribution in [1.29, 1.82) is 0 Å². The van der Waals surface area contributed by atoms with E-state index in [1.807, 2.05) is 0 Å². The van der Waals surface area contributed by atoms with E-state index in [-0.39, 0.29) is 30.4 Å². The van der Waals surface area contributed by atoms with Gasteiger partial charge >= 0.3 is 5.97 Å². The van der Waals surface area contributed by atoms with Crippen LogP contribution in [-0.2, 0) is 11.2 Å². The number of nitrogens with one attached hydrogen (secondary N) is 1. The van der Waals surface area contributed by atoms with Crippen LogP contribution in [0.25, 0.3) is 0 Å². The van der Waals surface area contributed by atoms with E-state index in [2.05, 4.69) is 5.32 Å². The van der Waals surface area contributed by atoms with Crippen LogP contribution in [0.2, 0.25) is 0 Å². The van der Waals surface area contributed by atoms with Crippen LogP contribution in [0.15, 0.2) is 36.4 Å². The molecule has 124 valence electrons. The number of hydrogen-bond acceptors (Lipinski definition) is 5. The highest BCUT2D eigenvalue weighted by Crippen LogP contribution is 2.32. The summed E-state index contributed by atoms with van der Waals surface area (Å²) in [5, 5.41) is 11.9. The molecule has 0 atom stereocenters. The molecule has 0 saturated heterocycles. The summed E-state index contributed by atoms with van der Waals surface area (Å²) in [6.07, 6.45) is 0.0850. The van der Waals surface area contributed by atoms with E-state index < -0.39 is 5.97 Å². The van der Waals surface area contributed by atoms with Crippen molar-refractivity contribution >= 4 is 17.6 Å². The summed E-state index contributed by atoms with van der Waals surface area (Å²) in [5.41, 5.74) is 0.921. The number of carbonyl (C=O) groups is 2. The molecule has 0 aromatic heterocycles. The second-order valence-electron chi connectivity index (χ2n) is 5.13. The number of benzene rings is 2. The molecule has 1 aliphatic heterocycles. The highest BCUT2D eigenvalue weighted by molar-refractivity contribution is 6.01. The lowest BCUT2D eigenvalue weighted by Crippen LogP contribution is -2.16. The molecule has 24 heavy (non-hydrogen) atoms. The Balaban J connectivity index is 1.74.